The highest BCUT2D eigenvalue weighted by Crippen LogP contribution is 2.24. The van der Waals surface area contributed by atoms with Gasteiger partial charge in [-0.25, -0.2) is 0 Å². The van der Waals surface area contributed by atoms with E-state index in [9.17, 15) is 4.79 Å². The van der Waals surface area contributed by atoms with Crippen LogP contribution in [0.4, 0.5) is 0 Å². The van der Waals surface area contributed by atoms with Crippen molar-refractivity contribution in [3.05, 3.63) is 0 Å². The standard InChI is InChI=1S/C13H26N2OS/c1-10(2)8-13(3,9-14)15-12(16)11-4-6-17-7-5-11/h10-11H,4-9,14H2,1-3H3,(H,15,16). The Bertz CT molecular complexity index is 252. The average Bonchev–Trinajstić information content (AvgIpc) is 2.29. The first kappa shape index (κ1) is 14.8. The Morgan fingerprint density at radius 2 is 2.06 bits per heavy atom. The normalized spacial score (nSPS) is 21.2. The van der Waals surface area contributed by atoms with E-state index in [4.69, 9.17) is 5.73 Å². The molecule has 1 fully saturated rings. The Morgan fingerprint density at radius 1 is 1.47 bits per heavy atom. The molecule has 4 heteroatoms. The Morgan fingerprint density at radius 3 is 2.53 bits per heavy atom. The van der Waals surface area contributed by atoms with Gasteiger partial charge in [0.2, 0.25) is 5.91 Å². The summed E-state index contributed by atoms with van der Waals surface area (Å²) >= 11 is 1.95. The zero-order chi connectivity index (χ0) is 12.9. The molecule has 17 heavy (non-hydrogen) atoms. The molecule has 1 aliphatic rings. The minimum Gasteiger partial charge on any atom is -0.349 e. The lowest BCUT2D eigenvalue weighted by atomic mass is 9.89. The van der Waals surface area contributed by atoms with E-state index in [1.165, 1.54) is 0 Å². The number of thioether (sulfide) groups is 1. The molecule has 0 aromatic heterocycles. The molecular weight excluding hydrogens is 232 g/mol. The largest absolute Gasteiger partial charge is 0.349 e. The summed E-state index contributed by atoms with van der Waals surface area (Å²) in [5.41, 5.74) is 5.57. The average molecular weight is 258 g/mol. The Kier molecular flexibility index (Phi) is 5.80. The zero-order valence-electron chi connectivity index (χ0n) is 11.3. The van der Waals surface area contributed by atoms with Crippen LogP contribution in [-0.4, -0.2) is 29.5 Å². The van der Waals surface area contributed by atoms with Gasteiger partial charge >= 0.3 is 0 Å². The first-order valence-corrected chi connectivity index (χ1v) is 7.72. The van der Waals surface area contributed by atoms with Gasteiger partial charge in [-0.15, -0.1) is 0 Å². The molecule has 0 aliphatic carbocycles. The van der Waals surface area contributed by atoms with Crippen LogP contribution in [0.3, 0.4) is 0 Å². The third-order valence-electron chi connectivity index (χ3n) is 3.33. The van der Waals surface area contributed by atoms with Gasteiger partial charge in [-0.3, -0.25) is 4.79 Å². The number of rotatable bonds is 5. The number of amides is 1. The summed E-state index contributed by atoms with van der Waals surface area (Å²) in [5.74, 6) is 3.18. The summed E-state index contributed by atoms with van der Waals surface area (Å²) in [6.45, 7) is 6.90. The number of carbonyl (C=O) groups excluding carboxylic acids is 1. The topological polar surface area (TPSA) is 55.1 Å². The smallest absolute Gasteiger partial charge is 0.223 e. The van der Waals surface area contributed by atoms with E-state index in [-0.39, 0.29) is 17.4 Å². The fourth-order valence-electron chi connectivity index (χ4n) is 2.45. The molecule has 0 spiro atoms. The number of nitrogens with one attached hydrogen (secondary N) is 1. The summed E-state index contributed by atoms with van der Waals surface area (Å²) < 4.78 is 0. The number of hydrogen-bond acceptors (Lipinski definition) is 3. The molecule has 1 heterocycles. The first-order chi connectivity index (χ1) is 7.97. The van der Waals surface area contributed by atoms with E-state index >= 15 is 0 Å². The quantitative estimate of drug-likeness (QED) is 0.793. The summed E-state index contributed by atoms with van der Waals surface area (Å²) in [5, 5.41) is 3.17. The van der Waals surface area contributed by atoms with Crippen LogP contribution in [0.1, 0.15) is 40.0 Å². The lowest BCUT2D eigenvalue weighted by Gasteiger charge is -2.33. The highest BCUT2D eigenvalue weighted by atomic mass is 32.2. The van der Waals surface area contributed by atoms with Gasteiger partial charge < -0.3 is 11.1 Å². The van der Waals surface area contributed by atoms with E-state index in [1.807, 2.05) is 11.8 Å². The number of carbonyl (C=O) groups is 1. The van der Waals surface area contributed by atoms with E-state index in [0.29, 0.717) is 12.5 Å². The van der Waals surface area contributed by atoms with Crippen LogP contribution >= 0.6 is 11.8 Å². The van der Waals surface area contributed by atoms with Crippen molar-refractivity contribution in [2.45, 2.75) is 45.6 Å². The fourth-order valence-corrected chi connectivity index (χ4v) is 3.55. The molecule has 100 valence electrons. The maximum atomic E-state index is 12.2. The highest BCUT2D eigenvalue weighted by molar-refractivity contribution is 7.99. The Balaban J connectivity index is 2.51. The van der Waals surface area contributed by atoms with E-state index in [1.54, 1.807) is 0 Å². The molecule has 1 amide bonds. The molecule has 1 rings (SSSR count). The van der Waals surface area contributed by atoms with Crippen LogP contribution in [0.2, 0.25) is 0 Å². The molecule has 1 aliphatic heterocycles. The van der Waals surface area contributed by atoms with Crippen molar-refractivity contribution in [2.24, 2.45) is 17.6 Å². The summed E-state index contributed by atoms with van der Waals surface area (Å²) in [4.78, 5) is 12.2. The van der Waals surface area contributed by atoms with Crippen LogP contribution in [0.5, 0.6) is 0 Å². The van der Waals surface area contributed by atoms with Crippen molar-refractivity contribution in [1.82, 2.24) is 5.32 Å². The van der Waals surface area contributed by atoms with Gasteiger partial charge in [0.05, 0.1) is 0 Å². The summed E-state index contributed by atoms with van der Waals surface area (Å²) in [7, 11) is 0. The van der Waals surface area contributed by atoms with Gasteiger partial charge in [0.1, 0.15) is 0 Å². The van der Waals surface area contributed by atoms with E-state index in [0.717, 1.165) is 30.8 Å². The second kappa shape index (κ2) is 6.64. The van der Waals surface area contributed by atoms with E-state index in [2.05, 4.69) is 26.1 Å². The molecule has 1 unspecified atom stereocenters. The van der Waals surface area contributed by atoms with Crippen molar-refractivity contribution < 1.29 is 4.79 Å². The van der Waals surface area contributed by atoms with Gasteiger partial charge in [0.15, 0.2) is 0 Å². The van der Waals surface area contributed by atoms with Crippen molar-refractivity contribution >= 4 is 17.7 Å². The maximum Gasteiger partial charge on any atom is 0.223 e. The van der Waals surface area contributed by atoms with Gasteiger partial charge in [0.25, 0.3) is 0 Å². The third kappa shape index (κ3) is 4.88. The monoisotopic (exact) mass is 258 g/mol. The van der Waals surface area contributed by atoms with Crippen LogP contribution < -0.4 is 11.1 Å². The second-order valence-corrected chi connectivity index (χ2v) is 6.96. The minimum absolute atomic E-state index is 0.203. The van der Waals surface area contributed by atoms with Gasteiger partial charge in [-0.2, -0.15) is 11.8 Å². The maximum absolute atomic E-state index is 12.2. The summed E-state index contributed by atoms with van der Waals surface area (Å²) in [6.07, 6.45) is 2.97. The lowest BCUT2D eigenvalue weighted by molar-refractivity contribution is -0.127. The van der Waals surface area contributed by atoms with Crippen LogP contribution in [0.25, 0.3) is 0 Å². The minimum atomic E-state index is -0.240. The lowest BCUT2D eigenvalue weighted by Crippen LogP contribution is -2.54. The fraction of sp³-hybridized carbons (Fsp3) is 0.923. The second-order valence-electron chi connectivity index (χ2n) is 5.74. The van der Waals surface area contributed by atoms with E-state index < -0.39 is 0 Å². The van der Waals surface area contributed by atoms with Gasteiger partial charge in [-0.1, -0.05) is 13.8 Å². The predicted octanol–water partition coefficient (Wildman–Crippen LogP) is 2.01. The Labute approximate surface area is 109 Å². The molecule has 0 saturated carbocycles. The van der Waals surface area contributed by atoms with Crippen molar-refractivity contribution in [3.63, 3.8) is 0 Å². The zero-order valence-corrected chi connectivity index (χ0v) is 12.1. The molecule has 0 radical (unpaired) electrons. The SMILES string of the molecule is CC(C)CC(C)(CN)NC(=O)C1CCSCC1. The molecule has 3 N–H and O–H groups in total. The van der Waals surface area contributed by atoms with Gasteiger partial charge in [-0.05, 0) is 43.6 Å². The van der Waals surface area contributed by atoms with Crippen LogP contribution in [0, 0.1) is 11.8 Å². The molecule has 0 aromatic rings. The predicted molar refractivity (Wildman–Crippen MR) is 75.1 cm³/mol. The molecule has 1 atom stereocenters. The molecule has 1 saturated heterocycles. The molecule has 0 aromatic carbocycles. The van der Waals surface area contributed by atoms with Crippen LogP contribution in [0.15, 0.2) is 0 Å². The highest BCUT2D eigenvalue weighted by Gasteiger charge is 2.29. The number of nitrogens with two attached hydrogens (primary N) is 1. The molecular formula is C13H26N2OS. The molecule has 0 bridgehead atoms. The third-order valence-corrected chi connectivity index (χ3v) is 4.38. The first-order valence-electron chi connectivity index (χ1n) is 6.56. The van der Waals surface area contributed by atoms with Crippen molar-refractivity contribution in [3.8, 4) is 0 Å². The van der Waals surface area contributed by atoms with Crippen LogP contribution in [-0.2, 0) is 4.79 Å². The number of hydrogen-bond donors (Lipinski definition) is 2. The Hall–Kier alpha value is -0.220. The summed E-state index contributed by atoms with van der Waals surface area (Å²) in [6, 6.07) is 0. The van der Waals surface area contributed by atoms with Gasteiger partial charge in [0, 0.05) is 18.0 Å². The van der Waals surface area contributed by atoms with Crippen molar-refractivity contribution in [1.29, 1.82) is 0 Å². The molecule has 3 nitrogen and oxygen atoms in total. The van der Waals surface area contributed by atoms with Crippen molar-refractivity contribution in [2.75, 3.05) is 18.1 Å².